The monoisotopic (exact) mass is 405 g/mol. The first-order valence-corrected chi connectivity index (χ1v) is 9.75. The van der Waals surface area contributed by atoms with Crippen LogP contribution in [-0.4, -0.2) is 36.7 Å². The highest BCUT2D eigenvalue weighted by Crippen LogP contribution is 2.21. The van der Waals surface area contributed by atoms with Gasteiger partial charge < -0.3 is 15.0 Å². The molecule has 0 fully saturated rings. The number of hydrogen-bond acceptors (Lipinski definition) is 6. The predicted octanol–water partition coefficient (Wildman–Crippen LogP) is 1.98. The molecular formula is C19H19NO7S. The van der Waals surface area contributed by atoms with Crippen LogP contribution in [0.1, 0.15) is 39.6 Å². The van der Waals surface area contributed by atoms with Gasteiger partial charge >= 0.3 is 5.97 Å². The third kappa shape index (κ3) is 5.24. The highest BCUT2D eigenvalue weighted by atomic mass is 32.2. The number of aromatic hydroxyl groups is 1. The van der Waals surface area contributed by atoms with Crippen molar-refractivity contribution in [3.05, 3.63) is 59.2 Å². The number of benzene rings is 2. The first kappa shape index (κ1) is 21.3. The molecule has 0 aromatic heterocycles. The van der Waals surface area contributed by atoms with E-state index >= 15 is 0 Å². The minimum atomic E-state index is -4.01. The van der Waals surface area contributed by atoms with Gasteiger partial charge in [-0.3, -0.25) is 4.79 Å². The van der Waals surface area contributed by atoms with Crippen molar-refractivity contribution in [3.8, 4) is 5.75 Å². The molecule has 1 atom stereocenters. The molecule has 0 unspecified atom stereocenters. The van der Waals surface area contributed by atoms with Gasteiger partial charge in [-0.05, 0) is 23.8 Å². The van der Waals surface area contributed by atoms with E-state index in [9.17, 15) is 27.9 Å². The van der Waals surface area contributed by atoms with Crippen LogP contribution in [-0.2, 0) is 21.4 Å². The summed E-state index contributed by atoms with van der Waals surface area (Å²) in [7, 11) is -4.01. The molecule has 0 bridgehead atoms. The predicted molar refractivity (Wildman–Crippen MR) is 99.7 cm³/mol. The van der Waals surface area contributed by atoms with Gasteiger partial charge in [0.15, 0.2) is 5.78 Å². The van der Waals surface area contributed by atoms with Crippen LogP contribution >= 0.6 is 0 Å². The topological polar surface area (TPSA) is 138 Å². The molecule has 0 amide bonds. The SMILES string of the molecule is C[C@@H](C=O)CC(=O)c1ccc(CNS(=O)(=O)c2ccc(O)c(C(=O)O)c2)cc1. The van der Waals surface area contributed by atoms with Gasteiger partial charge in [0, 0.05) is 24.4 Å². The maximum atomic E-state index is 12.3. The van der Waals surface area contributed by atoms with Crippen molar-refractivity contribution in [1.82, 2.24) is 4.72 Å². The Hall–Kier alpha value is -3.04. The molecule has 0 aliphatic rings. The molecular weight excluding hydrogens is 386 g/mol. The summed E-state index contributed by atoms with van der Waals surface area (Å²) >= 11 is 0. The van der Waals surface area contributed by atoms with Crippen molar-refractivity contribution in [2.75, 3.05) is 0 Å². The smallest absolute Gasteiger partial charge is 0.339 e. The number of aromatic carboxylic acids is 1. The molecule has 0 heterocycles. The fourth-order valence-electron chi connectivity index (χ4n) is 2.38. The Kier molecular flexibility index (Phi) is 6.66. The molecule has 2 aromatic carbocycles. The molecule has 3 N–H and O–H groups in total. The third-order valence-electron chi connectivity index (χ3n) is 3.99. The lowest BCUT2D eigenvalue weighted by molar-refractivity contribution is -0.110. The first-order chi connectivity index (χ1) is 13.1. The molecule has 0 spiro atoms. The molecule has 0 aliphatic carbocycles. The Labute approximate surface area is 161 Å². The Morgan fingerprint density at radius 2 is 1.79 bits per heavy atom. The average molecular weight is 405 g/mol. The van der Waals surface area contributed by atoms with E-state index in [-0.39, 0.29) is 29.6 Å². The minimum absolute atomic E-state index is 0.0785. The Bertz CT molecular complexity index is 997. The van der Waals surface area contributed by atoms with Crippen molar-refractivity contribution in [2.45, 2.75) is 24.8 Å². The van der Waals surface area contributed by atoms with E-state index in [0.717, 1.165) is 18.2 Å². The van der Waals surface area contributed by atoms with Gasteiger partial charge in [0.05, 0.1) is 4.90 Å². The standard InChI is InChI=1S/C19H19NO7S/c1-12(11-21)8-18(23)14-4-2-13(3-5-14)10-20-28(26,27)15-6-7-17(22)16(9-15)19(24)25/h2-7,9,11-12,20,22H,8,10H2,1H3,(H,24,25)/t12-/m1/s1. The quantitative estimate of drug-likeness (QED) is 0.428. The highest BCUT2D eigenvalue weighted by Gasteiger charge is 2.19. The summed E-state index contributed by atoms with van der Waals surface area (Å²) in [5, 5.41) is 18.5. The van der Waals surface area contributed by atoms with Gasteiger partial charge in [-0.1, -0.05) is 31.2 Å². The lowest BCUT2D eigenvalue weighted by atomic mass is 10.00. The van der Waals surface area contributed by atoms with Gasteiger partial charge in [0.25, 0.3) is 0 Å². The van der Waals surface area contributed by atoms with E-state index in [0.29, 0.717) is 17.4 Å². The van der Waals surface area contributed by atoms with Crippen molar-refractivity contribution >= 4 is 28.1 Å². The summed E-state index contributed by atoms with van der Waals surface area (Å²) in [6.45, 7) is 1.57. The van der Waals surface area contributed by atoms with Gasteiger partial charge in [0.1, 0.15) is 17.6 Å². The molecule has 0 saturated carbocycles. The van der Waals surface area contributed by atoms with Crippen molar-refractivity contribution in [1.29, 1.82) is 0 Å². The number of carbonyl (C=O) groups is 3. The lowest BCUT2D eigenvalue weighted by Crippen LogP contribution is -2.23. The van der Waals surface area contributed by atoms with E-state index in [1.54, 1.807) is 31.2 Å². The summed E-state index contributed by atoms with van der Waals surface area (Å²) in [6, 6.07) is 9.23. The second-order valence-corrected chi connectivity index (χ2v) is 8.01. The maximum Gasteiger partial charge on any atom is 0.339 e. The van der Waals surface area contributed by atoms with E-state index in [4.69, 9.17) is 5.11 Å². The summed E-state index contributed by atoms with van der Waals surface area (Å²) < 4.78 is 27.0. The molecule has 8 nitrogen and oxygen atoms in total. The maximum absolute atomic E-state index is 12.3. The number of nitrogens with one attached hydrogen (secondary N) is 1. The molecule has 9 heteroatoms. The number of aldehydes is 1. The third-order valence-corrected chi connectivity index (χ3v) is 5.39. The van der Waals surface area contributed by atoms with Crippen LogP contribution in [0, 0.1) is 5.92 Å². The van der Waals surface area contributed by atoms with Gasteiger partial charge in [0.2, 0.25) is 10.0 Å². The fourth-order valence-corrected chi connectivity index (χ4v) is 3.43. The van der Waals surface area contributed by atoms with Crippen LogP contribution in [0.15, 0.2) is 47.4 Å². The average Bonchev–Trinajstić information content (AvgIpc) is 2.66. The van der Waals surface area contributed by atoms with E-state index in [1.165, 1.54) is 0 Å². The first-order valence-electron chi connectivity index (χ1n) is 8.27. The largest absolute Gasteiger partial charge is 0.507 e. The van der Waals surface area contributed by atoms with Crippen LogP contribution < -0.4 is 4.72 Å². The molecule has 2 rings (SSSR count). The minimum Gasteiger partial charge on any atom is -0.507 e. The number of hydrogen-bond donors (Lipinski definition) is 3. The number of carboxylic acids is 1. The van der Waals surface area contributed by atoms with E-state index in [2.05, 4.69) is 4.72 Å². The lowest BCUT2D eigenvalue weighted by Gasteiger charge is -2.09. The number of carbonyl (C=O) groups excluding carboxylic acids is 2. The number of carboxylic acid groups (broad SMARTS) is 1. The molecule has 0 aliphatic heterocycles. The van der Waals surface area contributed by atoms with Crippen LogP contribution in [0.25, 0.3) is 0 Å². The number of ketones is 1. The van der Waals surface area contributed by atoms with E-state index < -0.39 is 27.3 Å². The summed E-state index contributed by atoms with van der Waals surface area (Å²) in [6.07, 6.45) is 0.808. The molecule has 2 aromatic rings. The molecule has 0 radical (unpaired) electrons. The van der Waals surface area contributed by atoms with Crippen molar-refractivity contribution in [2.24, 2.45) is 5.92 Å². The van der Waals surface area contributed by atoms with Crippen LogP contribution in [0.4, 0.5) is 0 Å². The number of Topliss-reactive ketones (excluding diaryl/α,β-unsaturated/α-hetero) is 1. The van der Waals surface area contributed by atoms with Gasteiger partial charge in [-0.25, -0.2) is 17.9 Å². The van der Waals surface area contributed by atoms with E-state index in [1.807, 2.05) is 0 Å². The van der Waals surface area contributed by atoms with Crippen LogP contribution in [0.3, 0.4) is 0 Å². The number of rotatable bonds is 9. The van der Waals surface area contributed by atoms with Crippen molar-refractivity contribution in [3.63, 3.8) is 0 Å². The second kappa shape index (κ2) is 8.77. The summed E-state index contributed by atoms with van der Waals surface area (Å²) in [5.74, 6) is -2.54. The highest BCUT2D eigenvalue weighted by molar-refractivity contribution is 7.89. The Balaban J connectivity index is 2.09. The zero-order valence-electron chi connectivity index (χ0n) is 15.0. The van der Waals surface area contributed by atoms with Crippen LogP contribution in [0.5, 0.6) is 5.75 Å². The normalized spacial score (nSPS) is 12.3. The summed E-state index contributed by atoms with van der Waals surface area (Å²) in [4.78, 5) is 33.4. The van der Waals surface area contributed by atoms with Crippen molar-refractivity contribution < 1.29 is 33.0 Å². The Morgan fingerprint density at radius 1 is 1.14 bits per heavy atom. The second-order valence-electron chi connectivity index (χ2n) is 6.25. The summed E-state index contributed by atoms with van der Waals surface area (Å²) in [5.41, 5.74) is 0.487. The number of sulfonamides is 1. The molecule has 0 saturated heterocycles. The Morgan fingerprint density at radius 3 is 2.36 bits per heavy atom. The number of phenols is 1. The zero-order valence-corrected chi connectivity index (χ0v) is 15.8. The van der Waals surface area contributed by atoms with Gasteiger partial charge in [-0.15, -0.1) is 0 Å². The molecule has 28 heavy (non-hydrogen) atoms. The van der Waals surface area contributed by atoms with Crippen LogP contribution in [0.2, 0.25) is 0 Å². The van der Waals surface area contributed by atoms with Gasteiger partial charge in [-0.2, -0.15) is 0 Å². The zero-order chi connectivity index (χ0) is 20.9. The molecule has 148 valence electrons. The fraction of sp³-hybridized carbons (Fsp3) is 0.211.